The Balaban J connectivity index is 0.00000264. The summed E-state index contributed by atoms with van der Waals surface area (Å²) in [6, 6.07) is 7.72. The lowest BCUT2D eigenvalue weighted by atomic mass is 10.00. The molecule has 6 heteroatoms. The van der Waals surface area contributed by atoms with Gasteiger partial charge in [-0.25, -0.2) is 0 Å². The van der Waals surface area contributed by atoms with Crippen molar-refractivity contribution in [2.24, 2.45) is 5.73 Å². The van der Waals surface area contributed by atoms with Crippen molar-refractivity contribution in [3.05, 3.63) is 35.4 Å². The highest BCUT2D eigenvalue weighted by molar-refractivity contribution is 5.94. The van der Waals surface area contributed by atoms with E-state index in [4.69, 9.17) is 5.73 Å². The van der Waals surface area contributed by atoms with Crippen molar-refractivity contribution in [1.29, 1.82) is 0 Å². The molecule has 1 fully saturated rings. The number of rotatable bonds is 5. The Bertz CT molecular complexity index is 519. The summed E-state index contributed by atoms with van der Waals surface area (Å²) in [6.45, 7) is 3.62. The molecule has 1 saturated heterocycles. The predicted molar refractivity (Wildman–Crippen MR) is 93.8 cm³/mol. The number of nitrogens with two attached hydrogens (primary N) is 1. The van der Waals surface area contributed by atoms with Crippen LogP contribution in [0.2, 0.25) is 0 Å². The maximum absolute atomic E-state index is 12.7. The van der Waals surface area contributed by atoms with Crippen molar-refractivity contribution >= 4 is 24.2 Å². The van der Waals surface area contributed by atoms with Crippen LogP contribution in [0, 0.1) is 6.92 Å². The molecule has 0 radical (unpaired) electrons. The summed E-state index contributed by atoms with van der Waals surface area (Å²) in [7, 11) is 0. The van der Waals surface area contributed by atoms with Gasteiger partial charge in [-0.2, -0.15) is 0 Å². The molecule has 5 nitrogen and oxygen atoms in total. The highest BCUT2D eigenvalue weighted by Gasteiger charge is 2.27. The molecule has 0 aromatic heterocycles. The number of piperidine rings is 1. The number of halogens is 1. The van der Waals surface area contributed by atoms with E-state index in [-0.39, 0.29) is 30.3 Å². The van der Waals surface area contributed by atoms with Crippen molar-refractivity contribution in [3.8, 4) is 0 Å². The third-order valence-electron chi connectivity index (χ3n) is 4.09. The molecule has 1 aromatic carbocycles. The first-order valence-electron chi connectivity index (χ1n) is 7.96. The minimum atomic E-state index is -0.0455. The minimum absolute atomic E-state index is 0. The minimum Gasteiger partial charge on any atom is -0.354 e. The van der Waals surface area contributed by atoms with Gasteiger partial charge in [-0.1, -0.05) is 17.7 Å². The molecule has 1 aliphatic heterocycles. The smallest absolute Gasteiger partial charge is 0.254 e. The van der Waals surface area contributed by atoms with E-state index >= 15 is 0 Å². The molecule has 128 valence electrons. The van der Waals surface area contributed by atoms with Crippen molar-refractivity contribution in [2.75, 3.05) is 19.6 Å². The van der Waals surface area contributed by atoms with Gasteiger partial charge in [0.15, 0.2) is 0 Å². The quantitative estimate of drug-likeness (QED) is 0.860. The number of amides is 2. The summed E-state index contributed by atoms with van der Waals surface area (Å²) in [5, 5.41) is 2.89. The van der Waals surface area contributed by atoms with Crippen LogP contribution in [0.15, 0.2) is 24.3 Å². The molecule has 2 amide bonds. The first-order valence-corrected chi connectivity index (χ1v) is 7.96. The van der Waals surface area contributed by atoms with Gasteiger partial charge >= 0.3 is 0 Å². The summed E-state index contributed by atoms with van der Waals surface area (Å²) in [5.74, 6) is 0.00795. The lowest BCUT2D eigenvalue weighted by Gasteiger charge is -2.36. The third kappa shape index (κ3) is 5.52. The van der Waals surface area contributed by atoms with Crippen molar-refractivity contribution in [1.82, 2.24) is 10.2 Å². The molecule has 0 saturated carbocycles. The van der Waals surface area contributed by atoms with E-state index in [0.29, 0.717) is 25.1 Å². The predicted octanol–water partition coefficient (Wildman–Crippen LogP) is 1.88. The summed E-state index contributed by atoms with van der Waals surface area (Å²) in [5.41, 5.74) is 7.23. The van der Waals surface area contributed by atoms with Crippen molar-refractivity contribution in [3.63, 3.8) is 0 Å². The Morgan fingerprint density at radius 3 is 2.61 bits per heavy atom. The summed E-state index contributed by atoms with van der Waals surface area (Å²) in [4.78, 5) is 26.2. The Kier molecular flexibility index (Phi) is 8.06. The molecule has 3 N–H and O–H groups in total. The summed E-state index contributed by atoms with van der Waals surface area (Å²) < 4.78 is 0. The van der Waals surface area contributed by atoms with Gasteiger partial charge in [0.25, 0.3) is 5.91 Å². The number of carbonyl (C=O) groups is 2. The van der Waals surface area contributed by atoms with Crippen LogP contribution in [0.3, 0.4) is 0 Å². The zero-order chi connectivity index (χ0) is 15.9. The van der Waals surface area contributed by atoms with Crippen LogP contribution in [0.4, 0.5) is 0 Å². The molecular formula is C17H26ClN3O2. The largest absolute Gasteiger partial charge is 0.354 e. The molecule has 0 aliphatic carbocycles. The highest BCUT2D eigenvalue weighted by Crippen LogP contribution is 2.19. The van der Waals surface area contributed by atoms with E-state index < -0.39 is 0 Å². The molecule has 1 atom stereocenters. The zero-order valence-electron chi connectivity index (χ0n) is 13.6. The second-order valence-electron chi connectivity index (χ2n) is 5.86. The molecule has 1 aliphatic rings. The van der Waals surface area contributed by atoms with Crippen LogP contribution in [-0.2, 0) is 4.79 Å². The third-order valence-corrected chi connectivity index (χ3v) is 4.09. The average molecular weight is 340 g/mol. The zero-order valence-corrected chi connectivity index (χ0v) is 14.4. The lowest BCUT2D eigenvalue weighted by molar-refractivity contribution is -0.121. The normalized spacial score (nSPS) is 17.3. The standard InChI is InChI=1S/C17H25N3O2.ClH/c1-13-5-7-14(8-6-13)17(22)20-11-3-2-4-15(20)12-19-16(21)9-10-18;/h5-8,15H,2-4,9-12,18H2,1H3,(H,19,21);1H. The number of nitrogens with one attached hydrogen (secondary N) is 1. The monoisotopic (exact) mass is 339 g/mol. The van der Waals surface area contributed by atoms with Gasteiger partial charge in [-0.05, 0) is 38.3 Å². The number of nitrogens with zero attached hydrogens (tertiary/aromatic N) is 1. The van der Waals surface area contributed by atoms with Crippen LogP contribution in [-0.4, -0.2) is 42.4 Å². The molecule has 2 rings (SSSR count). The van der Waals surface area contributed by atoms with Gasteiger partial charge in [0.05, 0.1) is 0 Å². The maximum Gasteiger partial charge on any atom is 0.254 e. The first-order chi connectivity index (χ1) is 10.6. The molecule has 1 heterocycles. The van der Waals surface area contributed by atoms with Gasteiger partial charge in [-0.3, -0.25) is 9.59 Å². The van der Waals surface area contributed by atoms with Gasteiger partial charge < -0.3 is 16.0 Å². The number of carbonyl (C=O) groups excluding carboxylic acids is 2. The van der Waals surface area contributed by atoms with Crippen LogP contribution in [0.25, 0.3) is 0 Å². The van der Waals surface area contributed by atoms with E-state index in [2.05, 4.69) is 5.32 Å². The fourth-order valence-electron chi connectivity index (χ4n) is 2.79. The van der Waals surface area contributed by atoms with E-state index in [9.17, 15) is 9.59 Å². The molecular weight excluding hydrogens is 314 g/mol. The average Bonchev–Trinajstić information content (AvgIpc) is 2.53. The van der Waals surface area contributed by atoms with Gasteiger partial charge in [0.1, 0.15) is 0 Å². The van der Waals surface area contributed by atoms with Crippen LogP contribution in [0.5, 0.6) is 0 Å². The molecule has 0 spiro atoms. The summed E-state index contributed by atoms with van der Waals surface area (Å²) in [6.07, 6.45) is 3.37. The number of aryl methyl sites for hydroxylation is 1. The SMILES string of the molecule is Cc1ccc(C(=O)N2CCCCC2CNC(=O)CCN)cc1.Cl. The lowest BCUT2D eigenvalue weighted by Crippen LogP contribution is -2.49. The Hall–Kier alpha value is -1.59. The topological polar surface area (TPSA) is 75.4 Å². The van der Waals surface area contributed by atoms with Crippen LogP contribution >= 0.6 is 12.4 Å². The Labute approximate surface area is 144 Å². The molecule has 1 unspecified atom stereocenters. The van der Waals surface area contributed by atoms with Crippen LogP contribution in [0.1, 0.15) is 41.6 Å². The fourth-order valence-corrected chi connectivity index (χ4v) is 2.79. The van der Waals surface area contributed by atoms with E-state index in [1.807, 2.05) is 36.1 Å². The second kappa shape index (κ2) is 9.53. The number of benzene rings is 1. The Morgan fingerprint density at radius 1 is 1.26 bits per heavy atom. The molecule has 23 heavy (non-hydrogen) atoms. The fraction of sp³-hybridized carbons (Fsp3) is 0.529. The highest BCUT2D eigenvalue weighted by atomic mass is 35.5. The van der Waals surface area contributed by atoms with Crippen molar-refractivity contribution in [2.45, 2.75) is 38.6 Å². The molecule has 0 bridgehead atoms. The maximum atomic E-state index is 12.7. The van der Waals surface area contributed by atoms with E-state index in [1.54, 1.807) is 0 Å². The number of hydrogen-bond acceptors (Lipinski definition) is 3. The van der Waals surface area contributed by atoms with Gasteiger partial charge in [-0.15, -0.1) is 12.4 Å². The van der Waals surface area contributed by atoms with Gasteiger partial charge in [0, 0.05) is 37.7 Å². The second-order valence-corrected chi connectivity index (χ2v) is 5.86. The van der Waals surface area contributed by atoms with Crippen molar-refractivity contribution < 1.29 is 9.59 Å². The van der Waals surface area contributed by atoms with E-state index in [1.165, 1.54) is 0 Å². The molecule has 1 aromatic rings. The van der Waals surface area contributed by atoms with E-state index in [0.717, 1.165) is 31.4 Å². The summed E-state index contributed by atoms with van der Waals surface area (Å²) >= 11 is 0. The van der Waals surface area contributed by atoms with Crippen LogP contribution < -0.4 is 11.1 Å². The number of likely N-dealkylation sites (tertiary alicyclic amines) is 1. The Morgan fingerprint density at radius 2 is 1.96 bits per heavy atom. The number of hydrogen-bond donors (Lipinski definition) is 2. The first kappa shape index (κ1) is 19.5. The van der Waals surface area contributed by atoms with Gasteiger partial charge in [0.2, 0.25) is 5.91 Å².